The first-order valence-corrected chi connectivity index (χ1v) is 7.73. The topological polar surface area (TPSA) is 71.5 Å². The number of aromatic nitrogens is 1. The van der Waals surface area contributed by atoms with Crippen LogP contribution in [-0.4, -0.2) is 35.3 Å². The SMILES string of the molecule is CNC(=O)c1csc2c(C(F)(F)F)cc(OC3CC(O)C3)nc12. The second-order valence-corrected chi connectivity index (χ2v) is 6.16. The summed E-state index contributed by atoms with van der Waals surface area (Å²) in [6, 6.07) is 0.844. The van der Waals surface area contributed by atoms with Gasteiger partial charge >= 0.3 is 6.18 Å². The fraction of sp³-hybridized carbons (Fsp3) is 0.429. The Bertz CT molecular complexity index is 754. The van der Waals surface area contributed by atoms with Crippen molar-refractivity contribution in [3.05, 3.63) is 22.6 Å². The van der Waals surface area contributed by atoms with E-state index < -0.39 is 23.8 Å². The molecular formula is C14H13F3N2O3S. The molecule has 1 aliphatic carbocycles. The van der Waals surface area contributed by atoms with Crippen molar-refractivity contribution in [1.82, 2.24) is 10.3 Å². The molecule has 1 aliphatic rings. The molecule has 9 heteroatoms. The van der Waals surface area contributed by atoms with Gasteiger partial charge in [0.25, 0.3) is 5.91 Å². The lowest BCUT2D eigenvalue weighted by Gasteiger charge is -2.31. The van der Waals surface area contributed by atoms with E-state index in [1.165, 1.54) is 12.4 Å². The third-order valence-corrected chi connectivity index (χ3v) is 4.64. The maximum Gasteiger partial charge on any atom is 0.418 e. The normalized spacial score (nSPS) is 21.1. The number of rotatable bonds is 3. The van der Waals surface area contributed by atoms with Crippen molar-refractivity contribution in [3.63, 3.8) is 0 Å². The minimum absolute atomic E-state index is 0.0287. The van der Waals surface area contributed by atoms with Crippen molar-refractivity contribution in [2.24, 2.45) is 0 Å². The van der Waals surface area contributed by atoms with E-state index >= 15 is 0 Å². The first-order valence-electron chi connectivity index (χ1n) is 6.86. The number of carbonyl (C=O) groups is 1. The zero-order valence-electron chi connectivity index (χ0n) is 12.0. The van der Waals surface area contributed by atoms with E-state index in [2.05, 4.69) is 10.3 Å². The average Bonchev–Trinajstić information content (AvgIpc) is 2.86. The number of nitrogens with zero attached hydrogens (tertiary/aromatic N) is 1. The van der Waals surface area contributed by atoms with E-state index in [1.54, 1.807) is 0 Å². The summed E-state index contributed by atoms with van der Waals surface area (Å²) in [4.78, 5) is 15.9. The van der Waals surface area contributed by atoms with Gasteiger partial charge in [0.15, 0.2) is 0 Å². The molecule has 0 unspecified atom stereocenters. The second-order valence-electron chi connectivity index (χ2n) is 5.28. The summed E-state index contributed by atoms with van der Waals surface area (Å²) >= 11 is 0.820. The molecule has 124 valence electrons. The third kappa shape index (κ3) is 2.98. The van der Waals surface area contributed by atoms with Gasteiger partial charge < -0.3 is 15.2 Å². The van der Waals surface area contributed by atoms with E-state index in [0.717, 1.165) is 17.4 Å². The van der Waals surface area contributed by atoms with Crippen molar-refractivity contribution in [2.45, 2.75) is 31.2 Å². The second kappa shape index (κ2) is 5.64. The number of ether oxygens (including phenoxy) is 1. The molecule has 0 atom stereocenters. The highest BCUT2D eigenvalue weighted by Crippen LogP contribution is 2.40. The van der Waals surface area contributed by atoms with Crippen molar-refractivity contribution in [2.75, 3.05) is 7.05 Å². The van der Waals surface area contributed by atoms with Gasteiger partial charge in [0.1, 0.15) is 6.10 Å². The highest BCUT2D eigenvalue weighted by molar-refractivity contribution is 7.17. The van der Waals surface area contributed by atoms with Crippen LogP contribution in [0.1, 0.15) is 28.8 Å². The molecule has 0 aromatic carbocycles. The minimum Gasteiger partial charge on any atom is -0.474 e. The van der Waals surface area contributed by atoms with Crippen LogP contribution in [0.2, 0.25) is 0 Å². The standard InChI is InChI=1S/C14H13F3N2O3S/c1-18-13(21)8-5-23-12-9(14(15,16)17)4-10(19-11(8)12)22-7-2-6(20)3-7/h4-7,20H,2-3H2,1H3,(H,18,21). The molecule has 3 rings (SSSR count). The number of hydrogen-bond donors (Lipinski definition) is 2. The number of alkyl halides is 3. The predicted molar refractivity (Wildman–Crippen MR) is 77.7 cm³/mol. The van der Waals surface area contributed by atoms with E-state index in [1.807, 2.05) is 0 Å². The molecule has 2 aromatic heterocycles. The number of halogens is 3. The first kappa shape index (κ1) is 16.0. The number of nitrogens with one attached hydrogen (secondary N) is 1. The Hall–Kier alpha value is -1.87. The van der Waals surface area contributed by atoms with Gasteiger partial charge in [-0.2, -0.15) is 13.2 Å². The van der Waals surface area contributed by atoms with Gasteiger partial charge in [-0.25, -0.2) is 4.98 Å². The Labute approximate surface area is 133 Å². The molecule has 5 nitrogen and oxygen atoms in total. The molecule has 0 spiro atoms. The van der Waals surface area contributed by atoms with Crippen LogP contribution in [0.15, 0.2) is 11.4 Å². The van der Waals surface area contributed by atoms with Gasteiger partial charge in [0.2, 0.25) is 5.88 Å². The number of pyridine rings is 1. The summed E-state index contributed by atoms with van der Waals surface area (Å²) in [6.45, 7) is 0. The zero-order chi connectivity index (χ0) is 16.8. The Balaban J connectivity index is 2.08. The molecular weight excluding hydrogens is 333 g/mol. The minimum atomic E-state index is -4.58. The lowest BCUT2D eigenvalue weighted by atomic mass is 9.92. The molecule has 0 radical (unpaired) electrons. The van der Waals surface area contributed by atoms with Crippen LogP contribution in [0.5, 0.6) is 5.88 Å². The monoisotopic (exact) mass is 346 g/mol. The summed E-state index contributed by atoms with van der Waals surface area (Å²) in [5.41, 5.74) is -0.825. The highest BCUT2D eigenvalue weighted by atomic mass is 32.1. The van der Waals surface area contributed by atoms with Crippen molar-refractivity contribution in [1.29, 1.82) is 0 Å². The van der Waals surface area contributed by atoms with Crippen molar-refractivity contribution in [3.8, 4) is 5.88 Å². The predicted octanol–water partition coefficient (Wildman–Crippen LogP) is 2.58. The Morgan fingerprint density at radius 1 is 1.48 bits per heavy atom. The number of hydrogen-bond acceptors (Lipinski definition) is 5. The van der Waals surface area contributed by atoms with Gasteiger partial charge in [-0.3, -0.25) is 4.79 Å². The molecule has 2 aromatic rings. The third-order valence-electron chi connectivity index (χ3n) is 3.63. The van der Waals surface area contributed by atoms with Crippen LogP contribution in [0.3, 0.4) is 0 Å². The Morgan fingerprint density at radius 2 is 2.17 bits per heavy atom. The van der Waals surface area contributed by atoms with Crippen LogP contribution in [-0.2, 0) is 6.18 Å². The number of fused-ring (bicyclic) bond motifs is 1. The molecule has 0 bridgehead atoms. The fourth-order valence-corrected chi connectivity index (χ4v) is 3.38. The molecule has 1 amide bonds. The number of carbonyl (C=O) groups excluding carboxylic acids is 1. The zero-order valence-corrected chi connectivity index (χ0v) is 12.8. The highest BCUT2D eigenvalue weighted by Gasteiger charge is 2.36. The molecule has 23 heavy (non-hydrogen) atoms. The van der Waals surface area contributed by atoms with Crippen LogP contribution < -0.4 is 10.1 Å². The van der Waals surface area contributed by atoms with Crippen LogP contribution in [0, 0.1) is 0 Å². The van der Waals surface area contributed by atoms with Crippen molar-refractivity contribution >= 4 is 27.5 Å². The lowest BCUT2D eigenvalue weighted by Crippen LogP contribution is -2.37. The fourth-order valence-electron chi connectivity index (χ4n) is 2.36. The molecule has 1 saturated carbocycles. The Kier molecular flexibility index (Phi) is 3.93. The van der Waals surface area contributed by atoms with Crippen molar-refractivity contribution < 1.29 is 27.8 Å². The molecule has 2 heterocycles. The maximum atomic E-state index is 13.3. The average molecular weight is 346 g/mol. The summed E-state index contributed by atoms with van der Waals surface area (Å²) in [7, 11) is 1.40. The van der Waals surface area contributed by atoms with Crippen LogP contribution in [0.25, 0.3) is 10.2 Å². The molecule has 0 aliphatic heterocycles. The maximum absolute atomic E-state index is 13.3. The van der Waals surface area contributed by atoms with E-state index in [0.29, 0.717) is 12.8 Å². The summed E-state index contributed by atoms with van der Waals surface area (Å²) in [6.07, 6.45) is -4.73. The number of amides is 1. The smallest absolute Gasteiger partial charge is 0.418 e. The number of aliphatic hydroxyl groups excluding tert-OH is 1. The Morgan fingerprint density at radius 3 is 2.74 bits per heavy atom. The van der Waals surface area contributed by atoms with Gasteiger partial charge in [-0.05, 0) is 0 Å². The van der Waals surface area contributed by atoms with Gasteiger partial charge in [0.05, 0.1) is 27.4 Å². The first-order chi connectivity index (χ1) is 10.8. The van der Waals surface area contributed by atoms with Gasteiger partial charge in [-0.15, -0.1) is 11.3 Å². The molecule has 0 saturated heterocycles. The number of aliphatic hydroxyl groups is 1. The summed E-state index contributed by atoms with van der Waals surface area (Å²) in [5, 5.41) is 13.0. The quantitative estimate of drug-likeness (QED) is 0.896. The van der Waals surface area contributed by atoms with E-state index in [9.17, 15) is 23.1 Å². The van der Waals surface area contributed by atoms with Crippen LogP contribution in [0.4, 0.5) is 13.2 Å². The van der Waals surface area contributed by atoms with Gasteiger partial charge in [0, 0.05) is 31.3 Å². The van der Waals surface area contributed by atoms with E-state index in [4.69, 9.17) is 4.74 Å². The number of thiophene rings is 1. The molecule has 1 fully saturated rings. The largest absolute Gasteiger partial charge is 0.474 e. The van der Waals surface area contributed by atoms with Gasteiger partial charge in [-0.1, -0.05) is 0 Å². The van der Waals surface area contributed by atoms with Crippen LogP contribution >= 0.6 is 11.3 Å². The summed E-state index contributed by atoms with van der Waals surface area (Å²) in [5.74, 6) is -0.696. The van der Waals surface area contributed by atoms with E-state index in [-0.39, 0.29) is 27.8 Å². The molecule has 2 N–H and O–H groups in total. The summed E-state index contributed by atoms with van der Waals surface area (Å²) < 4.78 is 45.1. The lowest BCUT2D eigenvalue weighted by molar-refractivity contribution is -0.136.